The van der Waals surface area contributed by atoms with Crippen LogP contribution >= 0.6 is 0 Å². The van der Waals surface area contributed by atoms with E-state index in [0.717, 1.165) is 11.1 Å². The number of nitrogens with one attached hydrogen (secondary N) is 1. The largest absolute Gasteiger partial charge is 0.479 e. The van der Waals surface area contributed by atoms with Crippen LogP contribution in [-0.2, 0) is 11.8 Å². The molecule has 1 N–H and O–H groups in total. The van der Waals surface area contributed by atoms with E-state index in [4.69, 9.17) is 13.9 Å². The maximum Gasteiger partial charge on any atom is 0.410 e. The molecule has 4 heterocycles. The number of aromatic nitrogens is 4. The number of methoxy groups -OCH3 is 1. The third kappa shape index (κ3) is 4.93. The molecule has 0 spiro atoms. The number of aryl methyl sites for hydroxylation is 2. The number of nitrogens with zero attached hydrogens (tertiary/aromatic N) is 6. The van der Waals surface area contributed by atoms with Gasteiger partial charge >= 0.3 is 6.09 Å². The first-order chi connectivity index (χ1) is 18.0. The fourth-order valence-corrected chi connectivity index (χ4v) is 4.52. The fraction of sp³-hybridized carbons (Fsp3) is 0.423. The molecule has 12 nitrogen and oxygen atoms in total. The molecule has 5 rings (SSSR count). The van der Waals surface area contributed by atoms with Gasteiger partial charge in [0.2, 0.25) is 5.88 Å². The molecule has 1 saturated heterocycles. The highest BCUT2D eigenvalue weighted by atomic mass is 16.6. The molecule has 0 radical (unpaired) electrons. The van der Waals surface area contributed by atoms with Crippen LogP contribution in [0.5, 0.6) is 5.88 Å². The number of pyridine rings is 1. The Bertz CT molecular complexity index is 1530. The molecule has 1 aromatic carbocycles. The number of hydrogen-bond acceptors (Lipinski definition) is 9. The van der Waals surface area contributed by atoms with E-state index in [1.807, 2.05) is 40.1 Å². The second kappa shape index (κ2) is 9.51. The summed E-state index contributed by atoms with van der Waals surface area (Å²) in [6.45, 7) is 9.65. The highest BCUT2D eigenvalue weighted by molar-refractivity contribution is 6.14. The van der Waals surface area contributed by atoms with Crippen molar-refractivity contribution in [2.24, 2.45) is 7.05 Å². The zero-order valence-electron chi connectivity index (χ0n) is 22.4. The molecule has 0 unspecified atom stereocenters. The van der Waals surface area contributed by atoms with E-state index >= 15 is 0 Å². The van der Waals surface area contributed by atoms with Crippen molar-refractivity contribution >= 4 is 45.5 Å². The van der Waals surface area contributed by atoms with E-state index in [-0.39, 0.29) is 23.7 Å². The van der Waals surface area contributed by atoms with Gasteiger partial charge in [0.25, 0.3) is 5.91 Å². The predicted octanol–water partition coefficient (Wildman–Crippen LogP) is 3.74. The lowest BCUT2D eigenvalue weighted by atomic mass is 10.1. The highest BCUT2D eigenvalue weighted by Gasteiger charge is 2.27. The summed E-state index contributed by atoms with van der Waals surface area (Å²) in [7, 11) is 3.30. The maximum absolute atomic E-state index is 13.3. The van der Waals surface area contributed by atoms with Crippen LogP contribution < -0.4 is 15.0 Å². The summed E-state index contributed by atoms with van der Waals surface area (Å²) < 4.78 is 18.1. The Kier molecular flexibility index (Phi) is 6.33. The summed E-state index contributed by atoms with van der Waals surface area (Å²) in [6.07, 6.45) is 1.59. The number of oxazole rings is 1. The van der Waals surface area contributed by atoms with Crippen LogP contribution in [0.2, 0.25) is 0 Å². The molecule has 200 valence electrons. The molecule has 0 bridgehead atoms. The Labute approximate surface area is 219 Å². The van der Waals surface area contributed by atoms with E-state index in [1.165, 1.54) is 7.11 Å². The van der Waals surface area contributed by atoms with Gasteiger partial charge in [-0.15, -0.1) is 0 Å². The van der Waals surface area contributed by atoms with Crippen LogP contribution in [0.4, 0.5) is 16.3 Å². The summed E-state index contributed by atoms with van der Waals surface area (Å²) in [6, 6.07) is 5.29. The number of piperazine rings is 1. The minimum atomic E-state index is -0.535. The Morgan fingerprint density at radius 2 is 1.82 bits per heavy atom. The zero-order valence-corrected chi connectivity index (χ0v) is 22.4. The third-order valence-corrected chi connectivity index (χ3v) is 6.17. The van der Waals surface area contributed by atoms with Crippen LogP contribution in [0.3, 0.4) is 0 Å². The van der Waals surface area contributed by atoms with Crippen molar-refractivity contribution in [1.29, 1.82) is 0 Å². The number of benzene rings is 1. The van der Waals surface area contributed by atoms with Crippen molar-refractivity contribution in [3.63, 3.8) is 0 Å². The van der Waals surface area contributed by atoms with Crippen molar-refractivity contribution in [3.8, 4) is 5.88 Å². The molecule has 2 amide bonds. The lowest BCUT2D eigenvalue weighted by molar-refractivity contribution is 0.0240. The van der Waals surface area contributed by atoms with Crippen molar-refractivity contribution in [2.45, 2.75) is 33.3 Å². The number of fused-ring (bicyclic) bond motifs is 2. The predicted molar refractivity (Wildman–Crippen MR) is 142 cm³/mol. The molecule has 4 aromatic rings. The number of carbonyl (C=O) groups excluding carboxylic acids is 2. The van der Waals surface area contributed by atoms with Gasteiger partial charge in [-0.1, -0.05) is 0 Å². The number of rotatable bonds is 4. The van der Waals surface area contributed by atoms with Crippen LogP contribution in [0.15, 0.2) is 28.8 Å². The van der Waals surface area contributed by atoms with Crippen molar-refractivity contribution in [2.75, 3.05) is 43.5 Å². The molecule has 3 aromatic heterocycles. The molecular weight excluding hydrogens is 490 g/mol. The minimum Gasteiger partial charge on any atom is -0.479 e. The topological polar surface area (TPSA) is 128 Å². The van der Waals surface area contributed by atoms with Gasteiger partial charge in [0, 0.05) is 63.5 Å². The zero-order chi connectivity index (χ0) is 27.2. The Morgan fingerprint density at radius 3 is 2.50 bits per heavy atom. The van der Waals surface area contributed by atoms with E-state index in [0.29, 0.717) is 54.2 Å². The maximum atomic E-state index is 13.3. The fourth-order valence-electron chi connectivity index (χ4n) is 4.52. The molecular formula is C26H31N7O5. The number of hydrogen-bond donors (Lipinski definition) is 1. The van der Waals surface area contributed by atoms with Crippen molar-refractivity contribution in [3.05, 3.63) is 35.9 Å². The molecule has 1 fully saturated rings. The van der Waals surface area contributed by atoms with E-state index in [2.05, 4.69) is 25.3 Å². The van der Waals surface area contributed by atoms with Crippen LogP contribution in [0.1, 0.15) is 37.0 Å². The lowest BCUT2D eigenvalue weighted by Gasteiger charge is -2.37. The van der Waals surface area contributed by atoms with Gasteiger partial charge in [0.1, 0.15) is 16.9 Å². The number of ether oxygens (including phenoxy) is 2. The average molecular weight is 522 g/mol. The number of amides is 2. The quantitative estimate of drug-likeness (QED) is 0.427. The SMILES string of the molecule is COc1nc(NC(=O)c2ccc(N3CCN(C(=O)OC(C)(C)C)CC3)c3cn(C)nc23)cc2oc(C)nc12. The van der Waals surface area contributed by atoms with Crippen molar-refractivity contribution < 1.29 is 23.5 Å². The van der Waals surface area contributed by atoms with Gasteiger partial charge in [-0.05, 0) is 32.9 Å². The molecule has 12 heteroatoms. The minimum absolute atomic E-state index is 0.263. The first kappa shape index (κ1) is 25.3. The summed E-state index contributed by atoms with van der Waals surface area (Å²) >= 11 is 0. The summed E-state index contributed by atoms with van der Waals surface area (Å²) in [5.41, 5.74) is 2.35. The smallest absolute Gasteiger partial charge is 0.410 e. The highest BCUT2D eigenvalue weighted by Crippen LogP contribution is 2.31. The van der Waals surface area contributed by atoms with Crippen LogP contribution in [0, 0.1) is 6.92 Å². The molecule has 0 saturated carbocycles. The van der Waals surface area contributed by atoms with E-state index in [1.54, 1.807) is 28.6 Å². The third-order valence-electron chi connectivity index (χ3n) is 6.17. The van der Waals surface area contributed by atoms with Gasteiger partial charge in [-0.25, -0.2) is 9.78 Å². The van der Waals surface area contributed by atoms with Gasteiger partial charge in [-0.3, -0.25) is 9.48 Å². The second-order valence-electron chi connectivity index (χ2n) is 10.2. The molecule has 1 aliphatic heterocycles. The van der Waals surface area contributed by atoms with Gasteiger partial charge in [0.05, 0.1) is 12.7 Å². The van der Waals surface area contributed by atoms with Crippen molar-refractivity contribution in [1.82, 2.24) is 24.6 Å². The number of carbonyl (C=O) groups is 2. The van der Waals surface area contributed by atoms with Gasteiger partial charge in [-0.2, -0.15) is 10.1 Å². The summed E-state index contributed by atoms with van der Waals surface area (Å²) in [5, 5.41) is 8.25. The van der Waals surface area contributed by atoms with Gasteiger partial charge in [0.15, 0.2) is 17.0 Å². The average Bonchev–Trinajstić information content (AvgIpc) is 3.43. The summed E-state index contributed by atoms with van der Waals surface area (Å²) in [4.78, 5) is 38.4. The first-order valence-corrected chi connectivity index (χ1v) is 12.3. The van der Waals surface area contributed by atoms with Gasteiger partial charge < -0.3 is 29.0 Å². The molecule has 1 aliphatic rings. The van der Waals surface area contributed by atoms with E-state index in [9.17, 15) is 9.59 Å². The van der Waals surface area contributed by atoms with Crippen LogP contribution in [0.25, 0.3) is 22.0 Å². The summed E-state index contributed by atoms with van der Waals surface area (Å²) in [5.74, 6) is 0.654. The Hall–Kier alpha value is -4.35. The Balaban J connectivity index is 1.38. The van der Waals surface area contributed by atoms with Crippen LogP contribution in [-0.4, -0.2) is 75.5 Å². The Morgan fingerprint density at radius 1 is 1.08 bits per heavy atom. The number of anilines is 2. The standard InChI is InChI=1S/C26H31N7O5/c1-15-27-22-19(37-15)13-20(29-24(22)36-6)28-23(34)16-7-8-18(17-14-31(5)30-21(16)17)32-9-11-33(12-10-32)25(35)38-26(2,3)4/h7-8,13-14H,9-12H2,1-6H3,(H,28,29,34). The molecule has 38 heavy (non-hydrogen) atoms. The monoisotopic (exact) mass is 521 g/mol. The lowest BCUT2D eigenvalue weighted by Crippen LogP contribution is -2.50. The first-order valence-electron chi connectivity index (χ1n) is 12.3. The molecule has 0 aliphatic carbocycles. The molecule has 0 atom stereocenters. The second-order valence-corrected chi connectivity index (χ2v) is 10.2. The normalized spacial score (nSPS) is 14.3. The van der Waals surface area contributed by atoms with E-state index < -0.39 is 5.60 Å².